The molecule has 138 valence electrons. The fraction of sp³-hybridized carbons (Fsp3) is 0.333. The second-order valence-corrected chi connectivity index (χ2v) is 6.80. The van der Waals surface area contributed by atoms with Gasteiger partial charge in [-0.2, -0.15) is 0 Å². The molecule has 6 heteroatoms. The largest absolute Gasteiger partial charge is 0.307 e. The summed E-state index contributed by atoms with van der Waals surface area (Å²) in [5.41, 5.74) is 2.49. The van der Waals surface area contributed by atoms with Crippen LogP contribution in [0.3, 0.4) is 0 Å². The van der Waals surface area contributed by atoms with Gasteiger partial charge in [0.15, 0.2) is 5.82 Å². The Morgan fingerprint density at radius 3 is 2.81 bits per heavy atom. The SMILES string of the molecule is c1ccc(CCCN2CCCC2c2ccnc(Nc3cnccn3)n2)cc1. The first kappa shape index (κ1) is 17.5. The second-order valence-electron chi connectivity index (χ2n) is 6.80. The molecular formula is C21H24N6. The minimum Gasteiger partial charge on any atom is -0.307 e. The Bertz CT molecular complexity index is 840. The van der Waals surface area contributed by atoms with Gasteiger partial charge >= 0.3 is 0 Å². The van der Waals surface area contributed by atoms with Gasteiger partial charge in [-0.1, -0.05) is 30.3 Å². The Morgan fingerprint density at radius 1 is 1.04 bits per heavy atom. The van der Waals surface area contributed by atoms with Gasteiger partial charge in [-0.15, -0.1) is 0 Å². The molecule has 1 aliphatic rings. The molecule has 1 fully saturated rings. The van der Waals surface area contributed by atoms with Crippen LogP contribution in [-0.4, -0.2) is 37.9 Å². The van der Waals surface area contributed by atoms with E-state index in [0.717, 1.165) is 38.0 Å². The number of nitrogens with zero attached hydrogens (tertiary/aromatic N) is 5. The quantitative estimate of drug-likeness (QED) is 0.692. The summed E-state index contributed by atoms with van der Waals surface area (Å²) in [4.78, 5) is 19.9. The first-order valence-corrected chi connectivity index (χ1v) is 9.52. The lowest BCUT2D eigenvalue weighted by molar-refractivity contribution is 0.250. The van der Waals surface area contributed by atoms with Crippen molar-refractivity contribution in [3.8, 4) is 0 Å². The van der Waals surface area contributed by atoms with Crippen LogP contribution in [-0.2, 0) is 6.42 Å². The van der Waals surface area contributed by atoms with Crippen LogP contribution in [0.1, 0.15) is 36.6 Å². The highest BCUT2D eigenvalue weighted by atomic mass is 15.2. The molecule has 0 bridgehead atoms. The molecule has 1 aliphatic heterocycles. The number of hydrogen-bond donors (Lipinski definition) is 1. The van der Waals surface area contributed by atoms with Crippen LogP contribution in [0.4, 0.5) is 11.8 Å². The predicted octanol–water partition coefficient (Wildman–Crippen LogP) is 3.78. The number of likely N-dealkylation sites (tertiary alicyclic amines) is 1. The first-order valence-electron chi connectivity index (χ1n) is 9.52. The lowest BCUT2D eigenvalue weighted by Gasteiger charge is -2.24. The summed E-state index contributed by atoms with van der Waals surface area (Å²) in [6, 6.07) is 13.1. The summed E-state index contributed by atoms with van der Waals surface area (Å²) in [5, 5.41) is 3.13. The van der Waals surface area contributed by atoms with Crippen LogP contribution in [0.2, 0.25) is 0 Å². The lowest BCUT2D eigenvalue weighted by atomic mass is 10.1. The van der Waals surface area contributed by atoms with Crippen LogP contribution >= 0.6 is 0 Å². The van der Waals surface area contributed by atoms with E-state index in [1.54, 1.807) is 18.6 Å². The molecule has 6 nitrogen and oxygen atoms in total. The van der Waals surface area contributed by atoms with Crippen LogP contribution in [0, 0.1) is 0 Å². The number of aryl methyl sites for hydroxylation is 1. The maximum Gasteiger partial charge on any atom is 0.228 e. The van der Waals surface area contributed by atoms with Gasteiger partial charge in [0.05, 0.1) is 17.9 Å². The summed E-state index contributed by atoms with van der Waals surface area (Å²) in [6.07, 6.45) is 11.4. The fourth-order valence-electron chi connectivity index (χ4n) is 3.66. The highest BCUT2D eigenvalue weighted by Gasteiger charge is 2.26. The van der Waals surface area contributed by atoms with Crippen molar-refractivity contribution in [1.29, 1.82) is 0 Å². The third-order valence-corrected chi connectivity index (χ3v) is 4.94. The summed E-state index contributed by atoms with van der Waals surface area (Å²) in [7, 11) is 0. The second kappa shape index (κ2) is 8.68. The number of nitrogens with one attached hydrogen (secondary N) is 1. The minimum atomic E-state index is 0.367. The molecule has 4 rings (SSSR count). The van der Waals surface area contributed by atoms with Gasteiger partial charge in [0.25, 0.3) is 0 Å². The molecule has 1 atom stereocenters. The van der Waals surface area contributed by atoms with Crippen molar-refractivity contribution in [2.45, 2.75) is 31.7 Å². The predicted molar refractivity (Wildman–Crippen MR) is 106 cm³/mol. The molecule has 2 aromatic heterocycles. The van der Waals surface area contributed by atoms with Crippen molar-refractivity contribution >= 4 is 11.8 Å². The molecule has 1 saturated heterocycles. The first-order chi connectivity index (χ1) is 13.4. The van der Waals surface area contributed by atoms with E-state index in [2.05, 4.69) is 55.5 Å². The summed E-state index contributed by atoms with van der Waals surface area (Å²) in [6.45, 7) is 2.23. The highest BCUT2D eigenvalue weighted by molar-refractivity contribution is 5.45. The molecule has 0 aliphatic carbocycles. The Hall–Kier alpha value is -2.86. The van der Waals surface area contributed by atoms with Crippen LogP contribution in [0.15, 0.2) is 61.2 Å². The van der Waals surface area contributed by atoms with Crippen molar-refractivity contribution in [3.63, 3.8) is 0 Å². The zero-order valence-corrected chi connectivity index (χ0v) is 15.3. The molecule has 0 radical (unpaired) electrons. The molecule has 27 heavy (non-hydrogen) atoms. The Kier molecular flexibility index (Phi) is 5.64. The standard InChI is InChI=1S/C21H24N6/c1-2-6-17(7-3-1)8-4-14-27-15-5-9-19(27)18-10-11-24-21(25-18)26-20-16-22-12-13-23-20/h1-3,6-7,10-13,16,19H,4-5,8-9,14-15H2,(H,23,24,25,26). The van der Waals surface area contributed by atoms with Gasteiger partial charge in [-0.05, 0) is 50.4 Å². The smallest absolute Gasteiger partial charge is 0.228 e. The maximum atomic E-state index is 4.73. The molecule has 0 spiro atoms. The molecule has 1 unspecified atom stereocenters. The zero-order valence-electron chi connectivity index (χ0n) is 15.3. The van der Waals surface area contributed by atoms with E-state index in [9.17, 15) is 0 Å². The summed E-state index contributed by atoms with van der Waals surface area (Å²) in [5.74, 6) is 1.23. The highest BCUT2D eigenvalue weighted by Crippen LogP contribution is 2.31. The fourth-order valence-corrected chi connectivity index (χ4v) is 3.66. The van der Waals surface area contributed by atoms with Crippen molar-refractivity contribution < 1.29 is 0 Å². The normalized spacial score (nSPS) is 17.1. The summed E-state index contributed by atoms with van der Waals surface area (Å²) >= 11 is 0. The van der Waals surface area contributed by atoms with Gasteiger partial charge in [-0.3, -0.25) is 9.88 Å². The van der Waals surface area contributed by atoms with E-state index in [4.69, 9.17) is 4.98 Å². The van der Waals surface area contributed by atoms with Crippen LogP contribution in [0.5, 0.6) is 0 Å². The van der Waals surface area contributed by atoms with Crippen LogP contribution in [0.25, 0.3) is 0 Å². The Labute approximate surface area is 159 Å². The van der Waals surface area contributed by atoms with Crippen LogP contribution < -0.4 is 5.32 Å². The zero-order chi connectivity index (χ0) is 18.3. The molecule has 1 N–H and O–H groups in total. The number of hydrogen-bond acceptors (Lipinski definition) is 6. The Balaban J connectivity index is 1.38. The number of benzene rings is 1. The third kappa shape index (κ3) is 4.65. The number of aromatic nitrogens is 4. The Morgan fingerprint density at radius 2 is 1.96 bits per heavy atom. The van der Waals surface area contributed by atoms with Gasteiger partial charge in [0, 0.05) is 18.6 Å². The van der Waals surface area contributed by atoms with E-state index >= 15 is 0 Å². The molecule has 0 amide bonds. The average Bonchev–Trinajstić information content (AvgIpc) is 3.18. The van der Waals surface area contributed by atoms with E-state index < -0.39 is 0 Å². The minimum absolute atomic E-state index is 0.367. The molecule has 0 saturated carbocycles. The van der Waals surface area contributed by atoms with Crippen molar-refractivity contribution in [2.75, 3.05) is 18.4 Å². The molecule has 1 aromatic carbocycles. The maximum absolute atomic E-state index is 4.73. The van der Waals surface area contributed by atoms with Crippen molar-refractivity contribution in [3.05, 3.63) is 72.4 Å². The van der Waals surface area contributed by atoms with Gasteiger partial charge in [0.2, 0.25) is 5.95 Å². The molecule has 3 aromatic rings. The number of rotatable bonds is 7. The molecular weight excluding hydrogens is 336 g/mol. The third-order valence-electron chi connectivity index (χ3n) is 4.94. The van der Waals surface area contributed by atoms with E-state index in [-0.39, 0.29) is 0 Å². The van der Waals surface area contributed by atoms with E-state index in [1.807, 2.05) is 12.3 Å². The summed E-state index contributed by atoms with van der Waals surface area (Å²) < 4.78 is 0. The van der Waals surface area contributed by atoms with E-state index in [1.165, 1.54) is 12.0 Å². The van der Waals surface area contributed by atoms with Gasteiger partial charge in [0.1, 0.15) is 0 Å². The van der Waals surface area contributed by atoms with Gasteiger partial charge in [-0.25, -0.2) is 15.0 Å². The van der Waals surface area contributed by atoms with E-state index in [0.29, 0.717) is 17.8 Å². The molecule has 3 heterocycles. The topological polar surface area (TPSA) is 66.8 Å². The average molecular weight is 360 g/mol. The van der Waals surface area contributed by atoms with Crippen molar-refractivity contribution in [1.82, 2.24) is 24.8 Å². The number of anilines is 2. The monoisotopic (exact) mass is 360 g/mol. The van der Waals surface area contributed by atoms with Gasteiger partial charge < -0.3 is 5.32 Å². The lowest BCUT2D eigenvalue weighted by Crippen LogP contribution is -2.25. The van der Waals surface area contributed by atoms with Crippen molar-refractivity contribution in [2.24, 2.45) is 0 Å².